The summed E-state index contributed by atoms with van der Waals surface area (Å²) in [5, 5.41) is 0. The molecule has 19 heavy (non-hydrogen) atoms. The average molecular weight is 286 g/mol. The van der Waals surface area contributed by atoms with Gasteiger partial charge in [-0.05, 0) is 37.0 Å². The van der Waals surface area contributed by atoms with Gasteiger partial charge in [-0.1, -0.05) is 13.3 Å². The van der Waals surface area contributed by atoms with Gasteiger partial charge in [0.1, 0.15) is 5.82 Å². The Balaban J connectivity index is 2.24. The van der Waals surface area contributed by atoms with E-state index in [0.717, 1.165) is 25.3 Å². The third-order valence-electron chi connectivity index (χ3n) is 3.72. The molecule has 2 atom stereocenters. The SMILES string of the molecule is CC1CCCC1NS(=O)(=O)c1ccc(F)c(CN)c1. The van der Waals surface area contributed by atoms with Crippen molar-refractivity contribution in [1.29, 1.82) is 0 Å². The van der Waals surface area contributed by atoms with Crippen LogP contribution in [0.15, 0.2) is 23.1 Å². The molecule has 0 amide bonds. The van der Waals surface area contributed by atoms with Crippen molar-refractivity contribution in [3.05, 3.63) is 29.6 Å². The predicted molar refractivity (Wildman–Crippen MR) is 71.4 cm³/mol. The minimum atomic E-state index is -3.60. The summed E-state index contributed by atoms with van der Waals surface area (Å²) in [6, 6.07) is 3.69. The fourth-order valence-corrected chi connectivity index (χ4v) is 3.89. The molecule has 0 heterocycles. The highest BCUT2D eigenvalue weighted by Crippen LogP contribution is 2.26. The largest absolute Gasteiger partial charge is 0.326 e. The van der Waals surface area contributed by atoms with Gasteiger partial charge in [-0.25, -0.2) is 17.5 Å². The van der Waals surface area contributed by atoms with Crippen LogP contribution in [0.2, 0.25) is 0 Å². The summed E-state index contributed by atoms with van der Waals surface area (Å²) in [5.41, 5.74) is 5.60. The van der Waals surface area contributed by atoms with Crippen LogP contribution in [0.25, 0.3) is 0 Å². The third-order valence-corrected chi connectivity index (χ3v) is 5.20. The Labute approximate surface area is 113 Å². The van der Waals surface area contributed by atoms with Gasteiger partial charge >= 0.3 is 0 Å². The molecule has 3 N–H and O–H groups in total. The normalized spacial score (nSPS) is 23.7. The Hall–Kier alpha value is -0.980. The molecular formula is C13H19FN2O2S. The van der Waals surface area contributed by atoms with Crippen LogP contribution < -0.4 is 10.5 Å². The average Bonchev–Trinajstić information content (AvgIpc) is 2.74. The lowest BCUT2D eigenvalue weighted by Gasteiger charge is -2.17. The van der Waals surface area contributed by atoms with Gasteiger partial charge in [-0.2, -0.15) is 0 Å². The number of sulfonamides is 1. The van der Waals surface area contributed by atoms with Crippen LogP contribution in [0.1, 0.15) is 31.7 Å². The molecule has 2 unspecified atom stereocenters. The lowest BCUT2D eigenvalue weighted by Crippen LogP contribution is -2.36. The first-order chi connectivity index (χ1) is 8.94. The summed E-state index contributed by atoms with van der Waals surface area (Å²) in [6.07, 6.45) is 2.92. The van der Waals surface area contributed by atoms with E-state index < -0.39 is 15.8 Å². The second-order valence-electron chi connectivity index (χ2n) is 5.09. The van der Waals surface area contributed by atoms with Gasteiger partial charge in [-0.15, -0.1) is 0 Å². The van der Waals surface area contributed by atoms with E-state index in [9.17, 15) is 12.8 Å². The van der Waals surface area contributed by atoms with E-state index in [4.69, 9.17) is 5.73 Å². The zero-order chi connectivity index (χ0) is 14.0. The molecule has 6 heteroatoms. The molecular weight excluding hydrogens is 267 g/mol. The zero-order valence-corrected chi connectivity index (χ0v) is 11.7. The number of nitrogens with one attached hydrogen (secondary N) is 1. The van der Waals surface area contributed by atoms with Crippen LogP contribution in [0.3, 0.4) is 0 Å². The molecule has 0 bridgehead atoms. The van der Waals surface area contributed by atoms with Crippen molar-refractivity contribution < 1.29 is 12.8 Å². The summed E-state index contributed by atoms with van der Waals surface area (Å²) in [5.74, 6) is -0.139. The van der Waals surface area contributed by atoms with E-state index in [1.165, 1.54) is 12.1 Å². The maximum absolute atomic E-state index is 13.3. The molecule has 4 nitrogen and oxygen atoms in total. The van der Waals surface area contributed by atoms with Crippen LogP contribution in [0, 0.1) is 11.7 Å². The molecule has 1 aliphatic carbocycles. The van der Waals surface area contributed by atoms with E-state index in [2.05, 4.69) is 4.72 Å². The van der Waals surface area contributed by atoms with Crippen molar-refractivity contribution in [3.63, 3.8) is 0 Å². The fourth-order valence-electron chi connectivity index (χ4n) is 2.46. The predicted octanol–water partition coefficient (Wildman–Crippen LogP) is 1.75. The number of nitrogens with two attached hydrogens (primary N) is 1. The molecule has 0 aromatic heterocycles. The number of benzene rings is 1. The van der Waals surface area contributed by atoms with E-state index in [-0.39, 0.29) is 23.0 Å². The lowest BCUT2D eigenvalue weighted by atomic mass is 10.1. The Bertz CT molecular complexity index is 560. The van der Waals surface area contributed by atoms with E-state index in [1.807, 2.05) is 6.92 Å². The molecule has 106 valence electrons. The molecule has 2 rings (SSSR count). The van der Waals surface area contributed by atoms with Crippen molar-refractivity contribution in [2.45, 2.75) is 43.7 Å². The van der Waals surface area contributed by atoms with Crippen molar-refractivity contribution in [2.24, 2.45) is 11.7 Å². The van der Waals surface area contributed by atoms with Gasteiger partial charge in [-0.3, -0.25) is 0 Å². The Kier molecular flexibility index (Phi) is 4.23. The maximum Gasteiger partial charge on any atom is 0.240 e. The topological polar surface area (TPSA) is 72.2 Å². The quantitative estimate of drug-likeness (QED) is 0.885. The number of hydrogen-bond donors (Lipinski definition) is 2. The van der Waals surface area contributed by atoms with Crippen LogP contribution in [-0.2, 0) is 16.6 Å². The highest BCUT2D eigenvalue weighted by molar-refractivity contribution is 7.89. The monoisotopic (exact) mass is 286 g/mol. The molecule has 0 saturated heterocycles. The standard InChI is InChI=1S/C13H19FN2O2S/c1-9-3-2-4-13(9)16-19(17,18)11-5-6-12(14)10(7-11)8-15/h5-7,9,13,16H,2-4,8,15H2,1H3. The van der Waals surface area contributed by atoms with Crippen LogP contribution >= 0.6 is 0 Å². The summed E-state index contributed by atoms with van der Waals surface area (Å²) >= 11 is 0. The highest BCUT2D eigenvalue weighted by Gasteiger charge is 2.28. The lowest BCUT2D eigenvalue weighted by molar-refractivity contribution is 0.476. The zero-order valence-electron chi connectivity index (χ0n) is 10.9. The number of hydrogen-bond acceptors (Lipinski definition) is 3. The van der Waals surface area contributed by atoms with Crippen molar-refractivity contribution in [1.82, 2.24) is 4.72 Å². The first kappa shape index (κ1) is 14.4. The number of halogens is 1. The van der Waals surface area contributed by atoms with E-state index in [0.29, 0.717) is 5.92 Å². The molecule has 1 aromatic carbocycles. The molecule has 0 aliphatic heterocycles. The van der Waals surface area contributed by atoms with Gasteiger partial charge in [0, 0.05) is 18.2 Å². The Morgan fingerprint density at radius 1 is 1.42 bits per heavy atom. The summed E-state index contributed by atoms with van der Waals surface area (Å²) < 4.78 is 40.5. The van der Waals surface area contributed by atoms with Crippen LogP contribution in [-0.4, -0.2) is 14.5 Å². The fraction of sp³-hybridized carbons (Fsp3) is 0.538. The Morgan fingerprint density at radius 2 is 2.16 bits per heavy atom. The number of rotatable bonds is 4. The molecule has 1 fully saturated rings. The van der Waals surface area contributed by atoms with Gasteiger partial charge in [0.15, 0.2) is 0 Å². The molecule has 1 aliphatic rings. The first-order valence-corrected chi connectivity index (χ1v) is 7.93. The minimum Gasteiger partial charge on any atom is -0.326 e. The maximum atomic E-state index is 13.3. The Morgan fingerprint density at radius 3 is 2.74 bits per heavy atom. The van der Waals surface area contributed by atoms with Crippen LogP contribution in [0.4, 0.5) is 4.39 Å². The molecule has 0 spiro atoms. The minimum absolute atomic E-state index is 0.0188. The summed E-state index contributed by atoms with van der Waals surface area (Å²) in [6.45, 7) is 2.02. The van der Waals surface area contributed by atoms with E-state index >= 15 is 0 Å². The van der Waals surface area contributed by atoms with Crippen molar-refractivity contribution in [3.8, 4) is 0 Å². The van der Waals surface area contributed by atoms with Crippen molar-refractivity contribution in [2.75, 3.05) is 0 Å². The second kappa shape index (κ2) is 5.56. The first-order valence-electron chi connectivity index (χ1n) is 6.45. The van der Waals surface area contributed by atoms with Crippen molar-refractivity contribution >= 4 is 10.0 Å². The van der Waals surface area contributed by atoms with Gasteiger partial charge in [0.25, 0.3) is 0 Å². The molecule has 0 radical (unpaired) electrons. The molecule has 1 aromatic rings. The van der Waals surface area contributed by atoms with Gasteiger partial charge in [0.2, 0.25) is 10.0 Å². The van der Waals surface area contributed by atoms with Gasteiger partial charge in [0.05, 0.1) is 4.90 Å². The van der Waals surface area contributed by atoms with E-state index in [1.54, 1.807) is 0 Å². The highest BCUT2D eigenvalue weighted by atomic mass is 32.2. The summed E-state index contributed by atoms with van der Waals surface area (Å²) in [4.78, 5) is 0.0773. The van der Waals surface area contributed by atoms with Gasteiger partial charge < -0.3 is 5.73 Å². The third kappa shape index (κ3) is 3.13. The summed E-state index contributed by atoms with van der Waals surface area (Å²) in [7, 11) is -3.60. The smallest absolute Gasteiger partial charge is 0.240 e. The second-order valence-corrected chi connectivity index (χ2v) is 6.81. The molecule has 1 saturated carbocycles. The van der Waals surface area contributed by atoms with Crippen LogP contribution in [0.5, 0.6) is 0 Å².